The summed E-state index contributed by atoms with van der Waals surface area (Å²) in [5, 5.41) is 0. The van der Waals surface area contributed by atoms with Crippen LogP contribution < -0.4 is 0 Å². The molecule has 1 heterocycles. The van der Waals surface area contributed by atoms with Gasteiger partial charge in [0.25, 0.3) is 0 Å². The summed E-state index contributed by atoms with van der Waals surface area (Å²) in [5.41, 5.74) is 1.37. The molecule has 0 unspecified atom stereocenters. The van der Waals surface area contributed by atoms with Crippen LogP contribution in [0.3, 0.4) is 0 Å². The summed E-state index contributed by atoms with van der Waals surface area (Å²) in [7, 11) is 0. The van der Waals surface area contributed by atoms with Gasteiger partial charge in [0, 0.05) is 5.92 Å². The number of hydrogen-bond acceptors (Lipinski definition) is 2. The molecule has 2 nitrogen and oxygen atoms in total. The fraction of sp³-hybridized carbons (Fsp3) is 0.846. The van der Waals surface area contributed by atoms with Crippen LogP contribution in [-0.4, -0.2) is 17.5 Å². The second-order valence-electron chi connectivity index (χ2n) is 5.85. The van der Waals surface area contributed by atoms with Crippen LogP contribution in [0.5, 0.6) is 0 Å². The van der Waals surface area contributed by atoms with Gasteiger partial charge in [-0.25, -0.2) is 0 Å². The normalized spacial score (nSPS) is 38.1. The highest BCUT2D eigenvalue weighted by atomic mass is 16.7. The van der Waals surface area contributed by atoms with Gasteiger partial charge in [0.05, 0.1) is 11.7 Å². The number of allylic oxidation sites excluding steroid dienone is 1. The second kappa shape index (κ2) is 3.33. The van der Waals surface area contributed by atoms with Crippen LogP contribution in [-0.2, 0) is 9.47 Å². The van der Waals surface area contributed by atoms with Crippen molar-refractivity contribution in [1.82, 2.24) is 0 Å². The van der Waals surface area contributed by atoms with E-state index in [1.165, 1.54) is 18.4 Å². The molecule has 1 aliphatic carbocycles. The van der Waals surface area contributed by atoms with Gasteiger partial charge >= 0.3 is 0 Å². The fourth-order valence-corrected chi connectivity index (χ4v) is 2.95. The van der Waals surface area contributed by atoms with Crippen molar-refractivity contribution in [2.45, 2.75) is 65.0 Å². The quantitative estimate of drug-likeness (QED) is 0.571. The Kier molecular flexibility index (Phi) is 2.47. The van der Waals surface area contributed by atoms with E-state index in [2.05, 4.69) is 26.8 Å². The van der Waals surface area contributed by atoms with Crippen molar-refractivity contribution in [3.8, 4) is 0 Å². The summed E-state index contributed by atoms with van der Waals surface area (Å²) < 4.78 is 12.0. The molecule has 2 atom stereocenters. The van der Waals surface area contributed by atoms with E-state index in [1.807, 2.05) is 13.8 Å². The van der Waals surface area contributed by atoms with Gasteiger partial charge in [-0.15, -0.1) is 0 Å². The lowest BCUT2D eigenvalue weighted by Crippen LogP contribution is -2.56. The Morgan fingerprint density at radius 2 is 1.93 bits per heavy atom. The fourth-order valence-electron chi connectivity index (χ4n) is 2.95. The number of fused-ring (bicyclic) bond motifs is 1. The summed E-state index contributed by atoms with van der Waals surface area (Å²) in [4.78, 5) is 0. The first-order valence-corrected chi connectivity index (χ1v) is 5.85. The highest BCUT2D eigenvalue weighted by molar-refractivity contribution is 5.12. The van der Waals surface area contributed by atoms with Crippen molar-refractivity contribution < 1.29 is 9.47 Å². The lowest BCUT2D eigenvalue weighted by Gasteiger charge is -2.51. The van der Waals surface area contributed by atoms with E-state index < -0.39 is 5.79 Å². The molecular weight excluding hydrogens is 188 g/mol. The van der Waals surface area contributed by atoms with E-state index in [9.17, 15) is 0 Å². The van der Waals surface area contributed by atoms with Crippen molar-refractivity contribution in [3.05, 3.63) is 11.6 Å². The predicted molar refractivity (Wildman–Crippen MR) is 60.6 cm³/mol. The predicted octanol–water partition coefficient (Wildman–Crippen LogP) is 3.27. The van der Waals surface area contributed by atoms with E-state index >= 15 is 0 Å². The lowest BCUT2D eigenvalue weighted by molar-refractivity contribution is -0.341. The summed E-state index contributed by atoms with van der Waals surface area (Å²) in [6, 6.07) is 0. The van der Waals surface area contributed by atoms with Crippen LogP contribution in [0.1, 0.15) is 47.5 Å². The van der Waals surface area contributed by atoms with Crippen molar-refractivity contribution in [2.24, 2.45) is 5.92 Å². The first-order chi connectivity index (χ1) is 6.80. The van der Waals surface area contributed by atoms with Gasteiger partial charge in [0.15, 0.2) is 5.79 Å². The molecule has 0 amide bonds. The molecule has 0 bridgehead atoms. The Morgan fingerprint density at radius 1 is 1.27 bits per heavy atom. The highest BCUT2D eigenvalue weighted by Crippen LogP contribution is 2.43. The molecule has 1 fully saturated rings. The third-order valence-electron chi connectivity index (χ3n) is 3.52. The largest absolute Gasteiger partial charge is 0.344 e. The van der Waals surface area contributed by atoms with Gasteiger partial charge in [0.2, 0.25) is 0 Å². The molecule has 0 radical (unpaired) electrons. The minimum Gasteiger partial charge on any atom is -0.344 e. The zero-order valence-corrected chi connectivity index (χ0v) is 10.5. The van der Waals surface area contributed by atoms with E-state index in [-0.39, 0.29) is 11.7 Å². The Hall–Kier alpha value is -0.340. The molecule has 0 N–H and O–H groups in total. The molecule has 0 saturated carbocycles. The van der Waals surface area contributed by atoms with E-state index in [0.717, 1.165) is 0 Å². The van der Waals surface area contributed by atoms with Crippen LogP contribution in [0.15, 0.2) is 11.6 Å². The first kappa shape index (κ1) is 11.2. The third kappa shape index (κ3) is 2.11. The average Bonchev–Trinajstić information content (AvgIpc) is 1.97. The summed E-state index contributed by atoms with van der Waals surface area (Å²) in [6.45, 7) is 10.6. The van der Waals surface area contributed by atoms with Gasteiger partial charge in [-0.3, -0.25) is 0 Å². The van der Waals surface area contributed by atoms with Crippen LogP contribution >= 0.6 is 0 Å². The summed E-state index contributed by atoms with van der Waals surface area (Å²) in [6.07, 6.45) is 4.87. The molecule has 0 aromatic rings. The number of ether oxygens (including phenoxy) is 2. The smallest absolute Gasteiger partial charge is 0.164 e. The average molecular weight is 210 g/mol. The SMILES string of the molecule is CC1=C[C@H]2OC(C)(C)OC(C)(C)[C@H]2CC1. The monoisotopic (exact) mass is 210 g/mol. The van der Waals surface area contributed by atoms with Crippen LogP contribution in [0.2, 0.25) is 0 Å². The van der Waals surface area contributed by atoms with Gasteiger partial charge in [-0.1, -0.05) is 11.6 Å². The van der Waals surface area contributed by atoms with Crippen molar-refractivity contribution >= 4 is 0 Å². The second-order valence-corrected chi connectivity index (χ2v) is 5.85. The minimum atomic E-state index is -0.460. The lowest BCUT2D eigenvalue weighted by atomic mass is 9.76. The number of rotatable bonds is 0. The van der Waals surface area contributed by atoms with Crippen molar-refractivity contribution in [3.63, 3.8) is 0 Å². The molecule has 15 heavy (non-hydrogen) atoms. The molecule has 2 rings (SSSR count). The molecular formula is C13H22O2. The van der Waals surface area contributed by atoms with Gasteiger partial charge in [-0.05, 0) is 47.5 Å². The topological polar surface area (TPSA) is 18.5 Å². The van der Waals surface area contributed by atoms with E-state index in [0.29, 0.717) is 5.92 Å². The maximum absolute atomic E-state index is 6.01. The zero-order valence-electron chi connectivity index (χ0n) is 10.5. The molecule has 0 aromatic carbocycles. The van der Waals surface area contributed by atoms with Crippen molar-refractivity contribution in [2.75, 3.05) is 0 Å². The molecule has 0 spiro atoms. The van der Waals surface area contributed by atoms with Gasteiger partial charge in [-0.2, -0.15) is 0 Å². The Bertz CT molecular complexity index is 289. The standard InChI is InChI=1S/C13H22O2/c1-9-6-7-10-11(8-9)14-13(4,5)15-12(10,2)3/h8,10-11H,6-7H2,1-5H3/t10-,11+/m0/s1. The Morgan fingerprint density at radius 3 is 2.60 bits per heavy atom. The van der Waals surface area contributed by atoms with Crippen LogP contribution in [0, 0.1) is 5.92 Å². The zero-order chi connectivity index (χ0) is 11.3. The first-order valence-electron chi connectivity index (χ1n) is 5.85. The van der Waals surface area contributed by atoms with Crippen molar-refractivity contribution in [1.29, 1.82) is 0 Å². The third-order valence-corrected chi connectivity index (χ3v) is 3.52. The molecule has 1 aliphatic heterocycles. The van der Waals surface area contributed by atoms with E-state index in [1.54, 1.807) is 0 Å². The maximum Gasteiger partial charge on any atom is 0.164 e. The summed E-state index contributed by atoms with van der Waals surface area (Å²) in [5.74, 6) is 0.0351. The van der Waals surface area contributed by atoms with E-state index in [4.69, 9.17) is 9.47 Å². The Labute approximate surface area is 92.6 Å². The molecule has 2 aliphatic rings. The molecule has 1 saturated heterocycles. The van der Waals surface area contributed by atoms with Crippen LogP contribution in [0.25, 0.3) is 0 Å². The summed E-state index contributed by atoms with van der Waals surface area (Å²) >= 11 is 0. The van der Waals surface area contributed by atoms with Crippen LogP contribution in [0.4, 0.5) is 0 Å². The molecule has 2 heteroatoms. The maximum atomic E-state index is 6.01. The highest BCUT2D eigenvalue weighted by Gasteiger charge is 2.47. The molecule has 0 aromatic heterocycles. The number of hydrogen-bond donors (Lipinski definition) is 0. The minimum absolute atomic E-state index is 0.0797. The Balaban J connectivity index is 2.28. The van der Waals surface area contributed by atoms with Gasteiger partial charge < -0.3 is 9.47 Å². The van der Waals surface area contributed by atoms with Gasteiger partial charge in [0.1, 0.15) is 0 Å². The molecule has 86 valence electrons.